The Hall–Kier alpha value is -4.69. The number of nitrogens with one attached hydrogen (secondary N) is 2. The topological polar surface area (TPSA) is 147 Å². The van der Waals surface area contributed by atoms with Crippen molar-refractivity contribution in [3.8, 4) is 0 Å². The highest BCUT2D eigenvalue weighted by Crippen LogP contribution is 2.39. The number of aryl methyl sites for hydroxylation is 2. The number of thiophene rings is 2. The highest BCUT2D eigenvalue weighted by molar-refractivity contribution is 7.12. The fourth-order valence-corrected chi connectivity index (χ4v) is 10.2. The molecule has 61 heavy (non-hydrogen) atoms. The number of likely N-dealkylation sites (tertiary alicyclic amines) is 2. The number of rotatable bonds is 8. The van der Waals surface area contributed by atoms with Crippen molar-refractivity contribution in [2.24, 2.45) is 11.8 Å². The first-order valence-corrected chi connectivity index (χ1v) is 22.9. The van der Waals surface area contributed by atoms with Gasteiger partial charge in [0.05, 0.1) is 18.2 Å². The minimum Gasteiger partial charge on any atom is -0.465 e. The molecule has 0 spiro atoms. The van der Waals surface area contributed by atoms with E-state index in [4.69, 9.17) is 14.2 Å². The summed E-state index contributed by atoms with van der Waals surface area (Å²) in [5.74, 6) is 0.224. The van der Waals surface area contributed by atoms with Gasteiger partial charge in [-0.05, 0) is 155 Å². The van der Waals surface area contributed by atoms with Crippen molar-refractivity contribution in [2.45, 2.75) is 127 Å². The van der Waals surface area contributed by atoms with Gasteiger partial charge >= 0.3 is 18.2 Å². The van der Waals surface area contributed by atoms with E-state index in [9.17, 15) is 24.0 Å². The standard InChI is InChI=1S/C27H37N3O4S.C20H29NO4S/c1-8-20(19-9-11-30(12-10-19)26(33)34-27(5,6)7)23-18(4)22(15-35-23)24(31)28-14-21-16(2)13-17(3)29-25(21)32;1-7-15(17-13(2)16(12-26-17)18(22)24-6)14-8-10-21(11-9-14)19(23)25-20(3,4)5/h8,13,15,19H,9-12,14H2,1-7H3,(H,28,31)(H,29,32);7,12,14H,8-11H2,1-6H3/b20-8+;15-7+. The second-order valence-electron chi connectivity index (χ2n) is 17.8. The van der Waals surface area contributed by atoms with E-state index in [1.807, 2.05) is 99.9 Å². The summed E-state index contributed by atoms with van der Waals surface area (Å²) in [7, 11) is 1.40. The zero-order valence-corrected chi connectivity index (χ0v) is 40.0. The molecule has 0 atom stereocenters. The van der Waals surface area contributed by atoms with Gasteiger partial charge in [0.25, 0.3) is 11.5 Å². The first-order valence-electron chi connectivity index (χ1n) is 21.1. The number of pyridine rings is 1. The van der Waals surface area contributed by atoms with Crippen molar-refractivity contribution in [3.05, 3.63) is 88.2 Å². The van der Waals surface area contributed by atoms with Gasteiger partial charge in [-0.3, -0.25) is 9.59 Å². The molecule has 2 aliphatic rings. The molecule has 12 nitrogen and oxygen atoms in total. The molecule has 2 saturated heterocycles. The first-order chi connectivity index (χ1) is 28.6. The van der Waals surface area contributed by atoms with Crippen molar-refractivity contribution in [2.75, 3.05) is 33.3 Å². The van der Waals surface area contributed by atoms with Crippen LogP contribution in [-0.2, 0) is 20.8 Å². The van der Waals surface area contributed by atoms with Crippen molar-refractivity contribution in [3.63, 3.8) is 0 Å². The smallest absolute Gasteiger partial charge is 0.410 e. The third-order valence-corrected chi connectivity index (χ3v) is 13.2. The Bertz CT molecular complexity index is 2170. The van der Waals surface area contributed by atoms with Gasteiger partial charge < -0.3 is 34.3 Å². The number of allylic oxidation sites excluding steroid dienone is 4. The van der Waals surface area contributed by atoms with Crippen LogP contribution in [0.15, 0.2) is 33.8 Å². The van der Waals surface area contributed by atoms with Gasteiger partial charge in [0.1, 0.15) is 11.2 Å². The Kier molecular flexibility index (Phi) is 16.8. The quantitative estimate of drug-likeness (QED) is 0.168. The second kappa shape index (κ2) is 20.9. The number of carbonyl (C=O) groups excluding carboxylic acids is 4. The SMILES string of the molecule is C/C=C(/c1scc(C(=O)NCc2c(C)cc(C)[nH]c2=O)c1C)C1CCN(C(=O)OC(C)(C)C)CC1.C/C=C(/c1scc(C(=O)OC)c1C)C1CCN(C(=O)OC(C)(C)C)CC1. The van der Waals surface area contributed by atoms with Crippen molar-refractivity contribution >= 4 is 57.9 Å². The summed E-state index contributed by atoms with van der Waals surface area (Å²) in [6.07, 6.45) is 7.26. The molecule has 0 aromatic carbocycles. The second-order valence-corrected chi connectivity index (χ2v) is 19.6. The maximum Gasteiger partial charge on any atom is 0.410 e. The highest BCUT2D eigenvalue weighted by Gasteiger charge is 2.32. The van der Waals surface area contributed by atoms with Gasteiger partial charge in [-0.1, -0.05) is 12.2 Å². The lowest BCUT2D eigenvalue weighted by Gasteiger charge is -2.34. The first kappa shape index (κ1) is 49.0. The molecular weight excluding hydrogens is 813 g/mol. The number of esters is 1. The number of aromatic amines is 1. The predicted octanol–water partition coefficient (Wildman–Crippen LogP) is 10.2. The number of carbonyl (C=O) groups is 4. The molecule has 0 saturated carbocycles. The highest BCUT2D eigenvalue weighted by atomic mass is 32.1. The van der Waals surface area contributed by atoms with Gasteiger partial charge in [-0.2, -0.15) is 0 Å². The zero-order valence-electron chi connectivity index (χ0n) is 38.4. The number of piperidine rings is 2. The van der Waals surface area contributed by atoms with Crippen LogP contribution in [0.1, 0.15) is 139 Å². The van der Waals surface area contributed by atoms with Gasteiger partial charge in [0, 0.05) is 64.5 Å². The summed E-state index contributed by atoms with van der Waals surface area (Å²) in [6.45, 7) is 25.9. The molecule has 334 valence electrons. The molecule has 5 heterocycles. The molecule has 0 aliphatic carbocycles. The van der Waals surface area contributed by atoms with Crippen LogP contribution in [0.2, 0.25) is 0 Å². The summed E-state index contributed by atoms with van der Waals surface area (Å²) >= 11 is 3.16. The van der Waals surface area contributed by atoms with Crippen LogP contribution in [0.4, 0.5) is 9.59 Å². The molecule has 3 amide bonds. The van der Waals surface area contributed by atoms with Crippen LogP contribution in [0, 0.1) is 39.5 Å². The van der Waals surface area contributed by atoms with Crippen LogP contribution >= 0.6 is 22.7 Å². The van der Waals surface area contributed by atoms with Gasteiger partial charge in [-0.15, -0.1) is 22.7 Å². The maximum atomic E-state index is 13.0. The van der Waals surface area contributed by atoms with E-state index in [-0.39, 0.29) is 36.2 Å². The van der Waals surface area contributed by atoms with Crippen molar-refractivity contribution < 1.29 is 33.4 Å². The van der Waals surface area contributed by atoms with Crippen LogP contribution in [0.3, 0.4) is 0 Å². The minimum atomic E-state index is -0.501. The number of hydrogen-bond acceptors (Lipinski definition) is 10. The molecule has 0 unspecified atom stereocenters. The lowest BCUT2D eigenvalue weighted by Crippen LogP contribution is -2.41. The van der Waals surface area contributed by atoms with E-state index in [1.165, 1.54) is 18.3 Å². The zero-order chi connectivity index (χ0) is 45.4. The molecule has 2 N–H and O–H groups in total. The van der Waals surface area contributed by atoms with Gasteiger partial charge in [0.15, 0.2) is 0 Å². The minimum absolute atomic E-state index is 0.167. The summed E-state index contributed by atoms with van der Waals surface area (Å²) < 4.78 is 15.8. The Morgan fingerprint density at radius 3 is 1.57 bits per heavy atom. The Morgan fingerprint density at radius 1 is 0.754 bits per heavy atom. The summed E-state index contributed by atoms with van der Waals surface area (Å²) in [6, 6.07) is 1.91. The molecule has 3 aromatic heterocycles. The number of aromatic nitrogens is 1. The molecule has 3 aromatic rings. The van der Waals surface area contributed by atoms with Crippen LogP contribution in [0.25, 0.3) is 11.1 Å². The lowest BCUT2D eigenvalue weighted by molar-refractivity contribution is 0.0189. The molecule has 0 radical (unpaired) electrons. The summed E-state index contributed by atoms with van der Waals surface area (Å²) in [5, 5.41) is 6.68. The van der Waals surface area contributed by atoms with Crippen LogP contribution in [0.5, 0.6) is 0 Å². The predicted molar refractivity (Wildman–Crippen MR) is 246 cm³/mol. The monoisotopic (exact) mass is 878 g/mol. The third kappa shape index (κ3) is 12.9. The van der Waals surface area contributed by atoms with E-state index in [1.54, 1.807) is 32.5 Å². The number of ether oxygens (including phenoxy) is 3. The number of H-pyrrole nitrogens is 1. The largest absolute Gasteiger partial charge is 0.465 e. The Morgan fingerprint density at radius 2 is 1.18 bits per heavy atom. The average Bonchev–Trinajstić information content (AvgIpc) is 3.76. The summed E-state index contributed by atoms with van der Waals surface area (Å²) in [5.41, 5.74) is 6.78. The van der Waals surface area contributed by atoms with Crippen LogP contribution < -0.4 is 10.9 Å². The number of nitrogens with zero attached hydrogens (tertiary/aromatic N) is 2. The van der Waals surface area contributed by atoms with E-state index in [0.717, 1.165) is 57.8 Å². The van der Waals surface area contributed by atoms with Crippen LogP contribution in [-0.4, -0.2) is 83.3 Å². The number of methoxy groups -OCH3 is 1. The molecule has 0 bridgehead atoms. The Labute approximate surface area is 369 Å². The molecule has 5 rings (SSSR count). The van der Waals surface area contributed by atoms with E-state index >= 15 is 0 Å². The van der Waals surface area contributed by atoms with Gasteiger partial charge in [0.2, 0.25) is 0 Å². The molecule has 14 heteroatoms. The lowest BCUT2D eigenvalue weighted by atomic mass is 9.87. The fourth-order valence-electron chi connectivity index (χ4n) is 7.81. The van der Waals surface area contributed by atoms with E-state index in [2.05, 4.69) is 22.5 Å². The van der Waals surface area contributed by atoms with Crippen molar-refractivity contribution in [1.29, 1.82) is 0 Å². The number of hydrogen-bond donors (Lipinski definition) is 2. The molecular formula is C47H66N4O8S2. The maximum absolute atomic E-state index is 13.0. The third-order valence-electron chi connectivity index (χ3n) is 11.0. The van der Waals surface area contributed by atoms with E-state index < -0.39 is 11.2 Å². The van der Waals surface area contributed by atoms with E-state index in [0.29, 0.717) is 54.7 Å². The van der Waals surface area contributed by atoms with Crippen molar-refractivity contribution in [1.82, 2.24) is 20.1 Å². The summed E-state index contributed by atoms with van der Waals surface area (Å²) in [4.78, 5) is 70.4. The fraction of sp³-hybridized carbons (Fsp3) is 0.553. The average molecular weight is 879 g/mol. The molecule has 2 aliphatic heterocycles. The Balaban J connectivity index is 0.000000281. The number of amides is 3. The van der Waals surface area contributed by atoms with Gasteiger partial charge in [-0.25, -0.2) is 14.4 Å². The molecule has 2 fully saturated rings. The normalized spacial score (nSPS) is 15.8.